The number of carbonyl (C=O) groups excluding carboxylic acids is 3. The lowest BCUT2D eigenvalue weighted by molar-refractivity contribution is -0.138. The van der Waals surface area contributed by atoms with Gasteiger partial charge in [0.2, 0.25) is 11.8 Å². The summed E-state index contributed by atoms with van der Waals surface area (Å²) < 4.78 is 0. The Bertz CT molecular complexity index is 683. The molecule has 1 saturated heterocycles. The maximum atomic E-state index is 12.6. The molecule has 10 heteroatoms. The number of aromatic nitrogens is 1. The molecule has 0 spiro atoms. The highest BCUT2D eigenvalue weighted by atomic mass is 32.2. The van der Waals surface area contributed by atoms with Crippen molar-refractivity contribution < 1.29 is 14.4 Å². The molecule has 3 amide bonds. The summed E-state index contributed by atoms with van der Waals surface area (Å²) in [5, 5.41) is 5.21. The summed E-state index contributed by atoms with van der Waals surface area (Å²) >= 11 is 2.86. The van der Waals surface area contributed by atoms with Gasteiger partial charge in [-0.05, 0) is 0 Å². The molecule has 1 fully saturated rings. The minimum Gasteiger partial charge on any atom is -0.344 e. The van der Waals surface area contributed by atoms with Gasteiger partial charge in [0.15, 0.2) is 0 Å². The van der Waals surface area contributed by atoms with Gasteiger partial charge in [0.25, 0.3) is 5.91 Å². The highest BCUT2D eigenvalue weighted by molar-refractivity contribution is 8.14. The average Bonchev–Trinajstić information content (AvgIpc) is 3.31. The van der Waals surface area contributed by atoms with Gasteiger partial charge < -0.3 is 15.1 Å². The van der Waals surface area contributed by atoms with E-state index in [1.807, 2.05) is 0 Å². The highest BCUT2D eigenvalue weighted by Crippen LogP contribution is 2.20. The van der Waals surface area contributed by atoms with Crippen LogP contribution in [0.25, 0.3) is 0 Å². The quantitative estimate of drug-likeness (QED) is 0.797. The number of nitrogens with one attached hydrogen (secondary N) is 1. The number of piperazine rings is 1. The molecule has 0 saturated carbocycles. The molecule has 1 N–H and O–H groups in total. The smallest absolute Gasteiger partial charge is 0.271 e. The van der Waals surface area contributed by atoms with Crippen molar-refractivity contribution in [2.75, 3.05) is 38.5 Å². The van der Waals surface area contributed by atoms with Crippen LogP contribution in [0.3, 0.4) is 0 Å². The zero-order valence-corrected chi connectivity index (χ0v) is 15.4. The molecular formula is C15H19N5O3S2. The Kier molecular flexibility index (Phi) is 5.69. The lowest BCUT2D eigenvalue weighted by atomic mass is 10.2. The van der Waals surface area contributed by atoms with Gasteiger partial charge >= 0.3 is 0 Å². The SMILES string of the molecule is CC(=O)N1CCN(C(=O)[C@H]2CSC(CNC(=O)c3cscn3)=N2)CC1. The number of amides is 3. The fraction of sp³-hybridized carbons (Fsp3) is 0.533. The molecule has 3 rings (SSSR count). The molecule has 25 heavy (non-hydrogen) atoms. The highest BCUT2D eigenvalue weighted by Gasteiger charge is 2.31. The van der Waals surface area contributed by atoms with Crippen LogP contribution in [0.15, 0.2) is 15.9 Å². The van der Waals surface area contributed by atoms with Crippen molar-refractivity contribution in [1.82, 2.24) is 20.1 Å². The minimum absolute atomic E-state index is 0.00321. The number of thiazole rings is 1. The first kappa shape index (κ1) is 17.9. The van der Waals surface area contributed by atoms with Crippen molar-refractivity contribution in [1.29, 1.82) is 0 Å². The second-order valence-corrected chi connectivity index (χ2v) is 7.55. The van der Waals surface area contributed by atoms with Crippen molar-refractivity contribution in [3.8, 4) is 0 Å². The fourth-order valence-electron chi connectivity index (χ4n) is 2.67. The molecule has 0 aliphatic carbocycles. The van der Waals surface area contributed by atoms with E-state index in [9.17, 15) is 14.4 Å². The van der Waals surface area contributed by atoms with Crippen LogP contribution in [-0.4, -0.2) is 82.1 Å². The van der Waals surface area contributed by atoms with Crippen LogP contribution in [0, 0.1) is 0 Å². The molecule has 0 bridgehead atoms. The minimum atomic E-state index is -0.403. The summed E-state index contributed by atoms with van der Waals surface area (Å²) in [7, 11) is 0. The standard InChI is InChI=1S/C15H19N5O3S2/c1-10(21)19-2-4-20(5-3-19)15(23)12-8-25-13(18-12)6-16-14(22)11-7-24-9-17-11/h7,9,12H,2-6,8H2,1H3,(H,16,22)/t12-/m1/s1. The van der Waals surface area contributed by atoms with Crippen LogP contribution in [0.4, 0.5) is 0 Å². The molecule has 0 radical (unpaired) electrons. The van der Waals surface area contributed by atoms with Gasteiger partial charge in [0.1, 0.15) is 11.7 Å². The van der Waals surface area contributed by atoms with Gasteiger partial charge in [0, 0.05) is 44.2 Å². The van der Waals surface area contributed by atoms with E-state index in [0.29, 0.717) is 44.2 Å². The van der Waals surface area contributed by atoms with Crippen molar-refractivity contribution in [2.45, 2.75) is 13.0 Å². The van der Waals surface area contributed by atoms with Crippen LogP contribution >= 0.6 is 23.1 Å². The molecule has 0 unspecified atom stereocenters. The van der Waals surface area contributed by atoms with E-state index >= 15 is 0 Å². The molecule has 134 valence electrons. The Morgan fingerprint density at radius 1 is 1.24 bits per heavy atom. The van der Waals surface area contributed by atoms with Crippen molar-refractivity contribution >= 4 is 45.9 Å². The maximum absolute atomic E-state index is 12.6. The van der Waals surface area contributed by atoms with Crippen LogP contribution in [0.1, 0.15) is 17.4 Å². The van der Waals surface area contributed by atoms with Crippen molar-refractivity contribution in [3.05, 3.63) is 16.6 Å². The second-order valence-electron chi connectivity index (χ2n) is 5.74. The largest absolute Gasteiger partial charge is 0.344 e. The predicted molar refractivity (Wildman–Crippen MR) is 97.0 cm³/mol. The van der Waals surface area contributed by atoms with Gasteiger partial charge in [-0.15, -0.1) is 23.1 Å². The molecule has 1 aromatic rings. The van der Waals surface area contributed by atoms with E-state index in [1.165, 1.54) is 23.1 Å². The molecule has 1 atom stereocenters. The monoisotopic (exact) mass is 381 g/mol. The first-order valence-corrected chi connectivity index (χ1v) is 9.87. The number of carbonyl (C=O) groups is 3. The van der Waals surface area contributed by atoms with Crippen molar-refractivity contribution in [2.24, 2.45) is 4.99 Å². The molecule has 2 aliphatic heterocycles. The summed E-state index contributed by atoms with van der Waals surface area (Å²) in [6.45, 7) is 4.09. The Balaban J connectivity index is 1.48. The van der Waals surface area contributed by atoms with Gasteiger partial charge in [0.05, 0.1) is 17.1 Å². The molecule has 2 aliphatic rings. The van der Waals surface area contributed by atoms with Gasteiger partial charge in [-0.3, -0.25) is 19.4 Å². The number of hydrogen-bond donors (Lipinski definition) is 1. The third-order valence-electron chi connectivity index (χ3n) is 4.09. The predicted octanol–water partition coefficient (Wildman–Crippen LogP) is 0.0775. The molecule has 3 heterocycles. The number of hydrogen-bond acceptors (Lipinski definition) is 7. The van der Waals surface area contributed by atoms with Crippen LogP contribution < -0.4 is 5.32 Å². The molecule has 1 aromatic heterocycles. The Morgan fingerprint density at radius 3 is 2.60 bits per heavy atom. The summed E-state index contributed by atoms with van der Waals surface area (Å²) in [5.74, 6) is 0.393. The first-order chi connectivity index (χ1) is 12.0. The zero-order valence-electron chi connectivity index (χ0n) is 13.8. The topological polar surface area (TPSA) is 95.0 Å². The number of aliphatic imine (C=N–C) groups is 1. The zero-order chi connectivity index (χ0) is 17.8. The summed E-state index contributed by atoms with van der Waals surface area (Å²) in [6.07, 6.45) is 0. The third-order valence-corrected chi connectivity index (χ3v) is 5.75. The Labute approximate surface area is 153 Å². The molecular weight excluding hydrogens is 362 g/mol. The summed E-state index contributed by atoms with van der Waals surface area (Å²) in [4.78, 5) is 47.7. The van der Waals surface area contributed by atoms with E-state index in [0.717, 1.165) is 5.04 Å². The van der Waals surface area contributed by atoms with Gasteiger partial charge in [-0.25, -0.2) is 4.98 Å². The van der Waals surface area contributed by atoms with E-state index in [2.05, 4.69) is 15.3 Å². The third kappa shape index (κ3) is 4.37. The van der Waals surface area contributed by atoms with E-state index < -0.39 is 6.04 Å². The number of thioether (sulfide) groups is 1. The first-order valence-electron chi connectivity index (χ1n) is 7.95. The van der Waals surface area contributed by atoms with E-state index in [-0.39, 0.29) is 17.7 Å². The normalized spacial score (nSPS) is 20.4. The molecule has 0 aromatic carbocycles. The summed E-state index contributed by atoms with van der Waals surface area (Å²) in [5.41, 5.74) is 2.00. The summed E-state index contributed by atoms with van der Waals surface area (Å²) in [6, 6.07) is -0.403. The number of nitrogens with zero attached hydrogens (tertiary/aromatic N) is 4. The van der Waals surface area contributed by atoms with Gasteiger partial charge in [-0.1, -0.05) is 0 Å². The van der Waals surface area contributed by atoms with Crippen LogP contribution in [0.5, 0.6) is 0 Å². The van der Waals surface area contributed by atoms with E-state index in [1.54, 1.807) is 27.6 Å². The number of rotatable bonds is 4. The van der Waals surface area contributed by atoms with E-state index in [4.69, 9.17) is 0 Å². The maximum Gasteiger partial charge on any atom is 0.271 e. The van der Waals surface area contributed by atoms with Crippen LogP contribution in [-0.2, 0) is 9.59 Å². The Hall–Kier alpha value is -1.94. The lowest BCUT2D eigenvalue weighted by Gasteiger charge is -2.34. The average molecular weight is 381 g/mol. The van der Waals surface area contributed by atoms with Crippen LogP contribution in [0.2, 0.25) is 0 Å². The fourth-order valence-corrected chi connectivity index (χ4v) is 4.15. The van der Waals surface area contributed by atoms with Crippen molar-refractivity contribution in [3.63, 3.8) is 0 Å². The lowest BCUT2D eigenvalue weighted by Crippen LogP contribution is -2.52. The Morgan fingerprint density at radius 2 is 1.96 bits per heavy atom. The second kappa shape index (κ2) is 7.96. The van der Waals surface area contributed by atoms with Gasteiger partial charge in [-0.2, -0.15) is 0 Å². The molecule has 8 nitrogen and oxygen atoms in total.